The van der Waals surface area contributed by atoms with Gasteiger partial charge in [0.15, 0.2) is 0 Å². The fourth-order valence-corrected chi connectivity index (χ4v) is 1.15. The Morgan fingerprint density at radius 2 is 0.211 bits per heavy atom. The fraction of sp³-hybridized carbons (Fsp3) is 0. The van der Waals surface area contributed by atoms with Crippen LogP contribution in [0.5, 0.6) is 0 Å². The minimum atomic E-state index is 0. The molecule has 3 aromatic rings. The van der Waals surface area contributed by atoms with Crippen LogP contribution < -0.4 is 0 Å². The summed E-state index contributed by atoms with van der Waals surface area (Å²) in [5, 5.41) is 0. The van der Waals surface area contributed by atoms with Gasteiger partial charge in [0.2, 0.25) is 0 Å². The van der Waals surface area contributed by atoms with E-state index in [1.165, 1.54) is 0 Å². The van der Waals surface area contributed by atoms with Crippen LogP contribution in [0.15, 0.2) is 109 Å². The Kier molecular flexibility index (Phi) is 13.4. The Bertz CT molecular complexity index is 296. The van der Waals surface area contributed by atoms with E-state index in [-0.39, 0.29) is 24.4 Å². The van der Waals surface area contributed by atoms with Gasteiger partial charge in [0.05, 0.1) is 0 Å². The Morgan fingerprint density at radius 3 is 0.263 bits per heavy atom. The zero-order chi connectivity index (χ0) is 12.7. The molecule has 0 saturated carbocycles. The molecular formula is C18H18Sb. The van der Waals surface area contributed by atoms with Crippen LogP contribution in [0.4, 0.5) is 0 Å². The van der Waals surface area contributed by atoms with Crippen LogP contribution in [0.3, 0.4) is 0 Å². The normalized spacial score (nSPS) is 7.58. The molecular weight excluding hydrogens is 338 g/mol. The van der Waals surface area contributed by atoms with Crippen molar-refractivity contribution >= 4 is 24.4 Å². The van der Waals surface area contributed by atoms with Crippen molar-refractivity contribution in [1.29, 1.82) is 0 Å². The number of benzene rings is 3. The van der Waals surface area contributed by atoms with E-state index in [2.05, 4.69) is 0 Å². The molecule has 0 fully saturated rings. The molecule has 19 heavy (non-hydrogen) atoms. The van der Waals surface area contributed by atoms with Crippen LogP contribution in [0.1, 0.15) is 0 Å². The maximum Gasteiger partial charge on any atom is 0 e. The van der Waals surface area contributed by atoms with Crippen molar-refractivity contribution in [3.63, 3.8) is 0 Å². The first-order chi connectivity index (χ1) is 9.00. The predicted molar refractivity (Wildman–Crippen MR) is 85.1 cm³/mol. The Morgan fingerprint density at radius 1 is 0.158 bits per heavy atom. The standard InChI is InChI=1S/3C6H6.Sb/c3*1-2-4-6-5-3-1;/h3*1-6H;. The molecule has 3 radical (unpaired) electrons. The van der Waals surface area contributed by atoms with Crippen molar-refractivity contribution in [2.75, 3.05) is 0 Å². The first-order valence-electron chi connectivity index (χ1n) is 6.00. The van der Waals surface area contributed by atoms with Gasteiger partial charge in [0.25, 0.3) is 0 Å². The van der Waals surface area contributed by atoms with E-state index in [0.29, 0.717) is 0 Å². The molecule has 0 nitrogen and oxygen atoms in total. The molecule has 0 aliphatic rings. The largest absolute Gasteiger partial charge is 0.0623 e. The zero-order valence-corrected chi connectivity index (χ0v) is 13.4. The second kappa shape index (κ2) is 14.5. The summed E-state index contributed by atoms with van der Waals surface area (Å²) in [6.45, 7) is 0. The third kappa shape index (κ3) is 12.7. The maximum absolute atomic E-state index is 2.00. The average molecular weight is 356 g/mol. The summed E-state index contributed by atoms with van der Waals surface area (Å²) in [6.07, 6.45) is 0. The second-order valence-corrected chi connectivity index (χ2v) is 3.46. The predicted octanol–water partition coefficient (Wildman–Crippen LogP) is 4.68. The van der Waals surface area contributed by atoms with Crippen LogP contribution >= 0.6 is 0 Å². The summed E-state index contributed by atoms with van der Waals surface area (Å²) in [4.78, 5) is 0. The van der Waals surface area contributed by atoms with Crippen molar-refractivity contribution in [1.82, 2.24) is 0 Å². The van der Waals surface area contributed by atoms with Gasteiger partial charge in [0, 0.05) is 24.4 Å². The van der Waals surface area contributed by atoms with Crippen molar-refractivity contribution in [2.24, 2.45) is 0 Å². The van der Waals surface area contributed by atoms with Gasteiger partial charge in [-0.3, -0.25) is 0 Å². The van der Waals surface area contributed by atoms with Crippen LogP contribution in [0, 0.1) is 0 Å². The van der Waals surface area contributed by atoms with Crippen molar-refractivity contribution in [3.05, 3.63) is 109 Å². The minimum Gasteiger partial charge on any atom is -0.0623 e. The molecule has 0 bridgehead atoms. The van der Waals surface area contributed by atoms with Gasteiger partial charge in [-0.05, 0) is 0 Å². The zero-order valence-electron chi connectivity index (χ0n) is 10.8. The first kappa shape index (κ1) is 17.5. The van der Waals surface area contributed by atoms with Crippen molar-refractivity contribution in [3.8, 4) is 0 Å². The summed E-state index contributed by atoms with van der Waals surface area (Å²) < 4.78 is 0. The molecule has 0 N–H and O–H groups in total. The van der Waals surface area contributed by atoms with Gasteiger partial charge >= 0.3 is 0 Å². The molecule has 0 spiro atoms. The summed E-state index contributed by atoms with van der Waals surface area (Å²) >= 11 is 0. The molecule has 3 aromatic carbocycles. The van der Waals surface area contributed by atoms with Gasteiger partial charge in [-0.2, -0.15) is 0 Å². The van der Waals surface area contributed by atoms with Crippen molar-refractivity contribution in [2.45, 2.75) is 0 Å². The van der Waals surface area contributed by atoms with Gasteiger partial charge in [0.1, 0.15) is 0 Å². The van der Waals surface area contributed by atoms with Crippen molar-refractivity contribution < 1.29 is 0 Å². The van der Waals surface area contributed by atoms with E-state index in [0.717, 1.165) is 0 Å². The van der Waals surface area contributed by atoms with Crippen LogP contribution in [0.2, 0.25) is 0 Å². The Balaban J connectivity index is 0.000000249. The molecule has 0 aliphatic heterocycles. The third-order valence-corrected chi connectivity index (χ3v) is 2.00. The minimum absolute atomic E-state index is 0. The molecule has 3 rings (SSSR count). The van der Waals surface area contributed by atoms with E-state index in [9.17, 15) is 0 Å². The molecule has 0 aliphatic carbocycles. The van der Waals surface area contributed by atoms with E-state index in [1.807, 2.05) is 109 Å². The molecule has 1 heteroatoms. The number of hydrogen-bond donors (Lipinski definition) is 0. The monoisotopic (exact) mass is 355 g/mol. The first-order valence-corrected chi connectivity index (χ1v) is 6.00. The second-order valence-electron chi connectivity index (χ2n) is 3.46. The van der Waals surface area contributed by atoms with Gasteiger partial charge < -0.3 is 0 Å². The van der Waals surface area contributed by atoms with E-state index in [1.54, 1.807) is 0 Å². The maximum atomic E-state index is 2.00. The Labute approximate surface area is 133 Å². The van der Waals surface area contributed by atoms with Crippen LogP contribution in [-0.2, 0) is 0 Å². The smallest absolute Gasteiger partial charge is 0 e. The molecule has 0 saturated heterocycles. The average Bonchev–Trinajstić information content (AvgIpc) is 2.54. The fourth-order valence-electron chi connectivity index (χ4n) is 1.15. The molecule has 0 heterocycles. The molecule has 0 aromatic heterocycles. The SMILES string of the molecule is [Sb].c1ccccc1.c1ccccc1.c1ccccc1. The molecule has 0 unspecified atom stereocenters. The Hall–Kier alpha value is -1.52. The summed E-state index contributed by atoms with van der Waals surface area (Å²) in [7, 11) is 0. The van der Waals surface area contributed by atoms with E-state index in [4.69, 9.17) is 0 Å². The van der Waals surface area contributed by atoms with Gasteiger partial charge in [-0.15, -0.1) is 0 Å². The van der Waals surface area contributed by atoms with Gasteiger partial charge in [-0.25, -0.2) is 0 Å². The topological polar surface area (TPSA) is 0 Å². The van der Waals surface area contributed by atoms with Gasteiger partial charge in [-0.1, -0.05) is 109 Å². The molecule has 0 amide bonds. The van der Waals surface area contributed by atoms with Crippen LogP contribution in [0.25, 0.3) is 0 Å². The quantitative estimate of drug-likeness (QED) is 0.513. The van der Waals surface area contributed by atoms with Crippen LogP contribution in [-0.4, -0.2) is 24.4 Å². The summed E-state index contributed by atoms with van der Waals surface area (Å²) in [6, 6.07) is 36.0. The number of hydrogen-bond acceptors (Lipinski definition) is 0. The van der Waals surface area contributed by atoms with E-state index >= 15 is 0 Å². The third-order valence-electron chi connectivity index (χ3n) is 2.00. The number of rotatable bonds is 0. The summed E-state index contributed by atoms with van der Waals surface area (Å²) in [5.74, 6) is 0. The molecule has 95 valence electrons. The summed E-state index contributed by atoms with van der Waals surface area (Å²) in [5.41, 5.74) is 0. The van der Waals surface area contributed by atoms with E-state index < -0.39 is 0 Å². The molecule has 0 atom stereocenters.